The summed E-state index contributed by atoms with van der Waals surface area (Å²) >= 11 is 1.68. The summed E-state index contributed by atoms with van der Waals surface area (Å²) in [6.45, 7) is 1.25. The van der Waals surface area contributed by atoms with Gasteiger partial charge in [0.15, 0.2) is 0 Å². The number of carbonyl (C=O) groups excluding carboxylic acids is 2. The molecule has 0 bridgehead atoms. The predicted octanol–water partition coefficient (Wildman–Crippen LogP) is 3.97. The second-order valence-corrected chi connectivity index (χ2v) is 6.60. The molecule has 4 rings (SSSR count). The molecule has 4 aromatic rings. The summed E-state index contributed by atoms with van der Waals surface area (Å²) in [4.78, 5) is 24.0. The van der Waals surface area contributed by atoms with Gasteiger partial charge in [0, 0.05) is 33.1 Å². The molecule has 2 aromatic carbocycles. The molecule has 6 heteroatoms. The second-order valence-electron chi connectivity index (χ2n) is 5.52. The SMILES string of the molecule is CC(=O)C(=O)Nc1cc(-c2cc3ccccc3s2)c2[nH]ncc2c1. The van der Waals surface area contributed by atoms with Gasteiger partial charge in [0.2, 0.25) is 5.78 Å². The molecule has 0 saturated heterocycles. The van der Waals surface area contributed by atoms with E-state index in [4.69, 9.17) is 0 Å². The zero-order chi connectivity index (χ0) is 16.7. The van der Waals surface area contributed by atoms with Crippen molar-refractivity contribution in [3.63, 3.8) is 0 Å². The van der Waals surface area contributed by atoms with Gasteiger partial charge in [-0.05, 0) is 29.7 Å². The fourth-order valence-electron chi connectivity index (χ4n) is 2.66. The molecule has 118 valence electrons. The predicted molar refractivity (Wildman–Crippen MR) is 96.2 cm³/mol. The smallest absolute Gasteiger partial charge is 0.291 e. The van der Waals surface area contributed by atoms with Gasteiger partial charge in [-0.15, -0.1) is 11.3 Å². The van der Waals surface area contributed by atoms with E-state index in [0.717, 1.165) is 21.3 Å². The fraction of sp³-hybridized carbons (Fsp3) is 0.0556. The molecule has 5 nitrogen and oxygen atoms in total. The van der Waals surface area contributed by atoms with Crippen molar-refractivity contribution in [3.8, 4) is 10.4 Å². The maximum absolute atomic E-state index is 11.7. The Bertz CT molecular complexity index is 1060. The number of rotatable bonds is 3. The summed E-state index contributed by atoms with van der Waals surface area (Å²) in [5.74, 6) is -1.15. The number of anilines is 1. The van der Waals surface area contributed by atoms with Crippen LogP contribution in [0.1, 0.15) is 6.92 Å². The molecular weight excluding hydrogens is 322 g/mol. The van der Waals surface area contributed by atoms with E-state index >= 15 is 0 Å². The summed E-state index contributed by atoms with van der Waals surface area (Å²) in [5.41, 5.74) is 2.43. The van der Waals surface area contributed by atoms with Crippen LogP contribution in [0, 0.1) is 0 Å². The van der Waals surface area contributed by atoms with Gasteiger partial charge in [-0.1, -0.05) is 18.2 Å². The number of ketones is 1. The molecule has 0 unspecified atom stereocenters. The topological polar surface area (TPSA) is 74.8 Å². The quantitative estimate of drug-likeness (QED) is 0.556. The zero-order valence-corrected chi connectivity index (χ0v) is 13.6. The minimum Gasteiger partial charge on any atom is -0.319 e. The van der Waals surface area contributed by atoms with Crippen LogP contribution in [0.25, 0.3) is 31.4 Å². The van der Waals surface area contributed by atoms with E-state index in [1.54, 1.807) is 23.6 Å². The van der Waals surface area contributed by atoms with Crippen LogP contribution >= 0.6 is 11.3 Å². The molecule has 0 aliphatic carbocycles. The minimum absolute atomic E-state index is 0.522. The number of nitrogens with one attached hydrogen (secondary N) is 2. The van der Waals surface area contributed by atoms with Gasteiger partial charge in [0.25, 0.3) is 5.91 Å². The monoisotopic (exact) mass is 335 g/mol. The number of aromatic amines is 1. The summed E-state index contributed by atoms with van der Waals surface area (Å²) < 4.78 is 1.19. The Morgan fingerprint density at radius 2 is 1.96 bits per heavy atom. The number of hydrogen-bond acceptors (Lipinski definition) is 4. The lowest BCUT2D eigenvalue weighted by Gasteiger charge is -2.07. The number of Topliss-reactive ketones (excluding diaryl/α,β-unsaturated/α-hetero) is 1. The first kappa shape index (κ1) is 14.6. The van der Waals surface area contributed by atoms with Gasteiger partial charge in [-0.2, -0.15) is 5.10 Å². The van der Waals surface area contributed by atoms with Crippen molar-refractivity contribution in [2.75, 3.05) is 5.32 Å². The highest BCUT2D eigenvalue weighted by molar-refractivity contribution is 7.22. The molecule has 0 saturated carbocycles. The van der Waals surface area contributed by atoms with Gasteiger partial charge < -0.3 is 5.32 Å². The molecule has 0 spiro atoms. The molecule has 0 fully saturated rings. The lowest BCUT2D eigenvalue weighted by Crippen LogP contribution is -2.19. The maximum Gasteiger partial charge on any atom is 0.291 e. The van der Waals surface area contributed by atoms with E-state index in [1.807, 2.05) is 18.2 Å². The van der Waals surface area contributed by atoms with E-state index in [0.29, 0.717) is 5.69 Å². The summed E-state index contributed by atoms with van der Waals surface area (Å²) in [5, 5.41) is 11.8. The molecule has 2 N–H and O–H groups in total. The highest BCUT2D eigenvalue weighted by Crippen LogP contribution is 2.38. The van der Waals surface area contributed by atoms with Crippen LogP contribution in [0.3, 0.4) is 0 Å². The Morgan fingerprint density at radius 1 is 1.12 bits per heavy atom. The molecule has 0 aliphatic heterocycles. The molecule has 0 radical (unpaired) electrons. The Balaban J connectivity index is 1.88. The van der Waals surface area contributed by atoms with Crippen LogP contribution in [-0.4, -0.2) is 21.9 Å². The third-order valence-electron chi connectivity index (χ3n) is 3.82. The molecule has 24 heavy (non-hydrogen) atoms. The van der Waals surface area contributed by atoms with E-state index in [-0.39, 0.29) is 0 Å². The highest BCUT2D eigenvalue weighted by atomic mass is 32.1. The molecular formula is C18H13N3O2S. The first-order valence-corrected chi connectivity index (χ1v) is 8.21. The molecule has 1 amide bonds. The van der Waals surface area contributed by atoms with Gasteiger partial charge >= 0.3 is 0 Å². The van der Waals surface area contributed by atoms with Crippen LogP contribution in [0.2, 0.25) is 0 Å². The van der Waals surface area contributed by atoms with E-state index < -0.39 is 11.7 Å². The summed E-state index contributed by atoms with van der Waals surface area (Å²) in [6.07, 6.45) is 1.70. The number of amides is 1. The second kappa shape index (κ2) is 5.58. The zero-order valence-electron chi connectivity index (χ0n) is 12.8. The van der Waals surface area contributed by atoms with Gasteiger partial charge in [-0.3, -0.25) is 14.7 Å². The Hall–Kier alpha value is -2.99. The fourth-order valence-corrected chi connectivity index (χ4v) is 3.74. The van der Waals surface area contributed by atoms with E-state index in [9.17, 15) is 9.59 Å². The van der Waals surface area contributed by atoms with Crippen molar-refractivity contribution >= 4 is 49.7 Å². The van der Waals surface area contributed by atoms with Crippen molar-refractivity contribution in [2.24, 2.45) is 0 Å². The number of H-pyrrole nitrogens is 1. The highest BCUT2D eigenvalue weighted by Gasteiger charge is 2.14. The van der Waals surface area contributed by atoms with Crippen LogP contribution in [0.15, 0.2) is 48.7 Å². The van der Waals surface area contributed by atoms with Gasteiger partial charge in [-0.25, -0.2) is 0 Å². The average molecular weight is 335 g/mol. The third kappa shape index (κ3) is 2.47. The molecule has 2 aromatic heterocycles. The number of fused-ring (bicyclic) bond motifs is 2. The van der Waals surface area contributed by atoms with E-state index in [2.05, 4.69) is 33.7 Å². The number of benzene rings is 2. The van der Waals surface area contributed by atoms with Crippen LogP contribution in [-0.2, 0) is 9.59 Å². The number of thiophene rings is 1. The third-order valence-corrected chi connectivity index (χ3v) is 4.97. The Labute approximate surface area is 141 Å². The van der Waals surface area contributed by atoms with Crippen molar-refractivity contribution < 1.29 is 9.59 Å². The number of aromatic nitrogens is 2. The molecule has 0 atom stereocenters. The Morgan fingerprint density at radius 3 is 2.75 bits per heavy atom. The summed E-state index contributed by atoms with van der Waals surface area (Å²) in [6, 6.07) is 14.0. The van der Waals surface area contributed by atoms with E-state index in [1.165, 1.54) is 17.0 Å². The first-order chi connectivity index (χ1) is 11.6. The lowest BCUT2D eigenvalue weighted by atomic mass is 10.1. The van der Waals surface area contributed by atoms with Gasteiger partial charge in [0.1, 0.15) is 0 Å². The molecule has 0 aliphatic rings. The van der Waals surface area contributed by atoms with Crippen LogP contribution < -0.4 is 5.32 Å². The standard InChI is InChI=1S/C18H13N3O2S/c1-10(22)18(23)20-13-6-12-9-19-21-17(12)14(8-13)16-7-11-4-2-3-5-15(11)24-16/h2-9H,1H3,(H,19,21)(H,20,23). The Kier molecular flexibility index (Phi) is 3.39. The maximum atomic E-state index is 11.7. The van der Waals surface area contributed by atoms with Crippen molar-refractivity contribution in [3.05, 3.63) is 48.7 Å². The number of nitrogens with zero attached hydrogens (tertiary/aromatic N) is 1. The van der Waals surface area contributed by atoms with Crippen molar-refractivity contribution in [1.29, 1.82) is 0 Å². The van der Waals surface area contributed by atoms with Gasteiger partial charge in [0.05, 0.1) is 11.7 Å². The largest absolute Gasteiger partial charge is 0.319 e. The minimum atomic E-state index is -0.625. The summed E-state index contributed by atoms with van der Waals surface area (Å²) in [7, 11) is 0. The first-order valence-electron chi connectivity index (χ1n) is 7.40. The van der Waals surface area contributed by atoms with Crippen LogP contribution in [0.4, 0.5) is 5.69 Å². The van der Waals surface area contributed by atoms with Crippen molar-refractivity contribution in [1.82, 2.24) is 10.2 Å². The lowest BCUT2D eigenvalue weighted by molar-refractivity contribution is -0.133. The van der Waals surface area contributed by atoms with Crippen molar-refractivity contribution in [2.45, 2.75) is 6.92 Å². The number of hydrogen-bond donors (Lipinski definition) is 2. The van der Waals surface area contributed by atoms with Crippen LogP contribution in [0.5, 0.6) is 0 Å². The molecule has 2 heterocycles. The number of carbonyl (C=O) groups is 2. The normalized spacial score (nSPS) is 11.0. The average Bonchev–Trinajstić information content (AvgIpc) is 3.20.